The number of thiazole rings is 1. The summed E-state index contributed by atoms with van der Waals surface area (Å²) >= 11 is 1.26. The van der Waals surface area contributed by atoms with Gasteiger partial charge in [-0.2, -0.15) is 5.26 Å². The third kappa shape index (κ3) is 5.07. The number of pyridine rings is 1. The van der Waals surface area contributed by atoms with Crippen LogP contribution in [-0.2, 0) is 29.0 Å². The Morgan fingerprint density at radius 2 is 2.03 bits per heavy atom. The molecule has 2 aromatic heterocycles. The minimum atomic E-state index is -0.607. The second-order valence-corrected chi connectivity index (χ2v) is 10.1. The molecule has 0 radical (unpaired) electrons. The molecule has 3 heterocycles. The van der Waals surface area contributed by atoms with E-state index in [4.69, 9.17) is 5.26 Å². The van der Waals surface area contributed by atoms with Gasteiger partial charge >= 0.3 is 0 Å². The number of amides is 2. The Balaban J connectivity index is 1.56. The van der Waals surface area contributed by atoms with Crippen LogP contribution in [0.3, 0.4) is 0 Å². The van der Waals surface area contributed by atoms with Crippen LogP contribution in [0, 0.1) is 11.3 Å². The number of nitrogens with one attached hydrogen (secondary N) is 1. The maximum absolute atomic E-state index is 13.4. The summed E-state index contributed by atoms with van der Waals surface area (Å²) in [4.78, 5) is 36.7. The first-order valence-corrected chi connectivity index (χ1v) is 11.7. The molecule has 0 aliphatic carbocycles. The maximum atomic E-state index is 13.4. The minimum absolute atomic E-state index is 0.0228. The first kappa shape index (κ1) is 23.4. The molecule has 34 heavy (non-hydrogen) atoms. The van der Waals surface area contributed by atoms with Gasteiger partial charge < -0.3 is 15.3 Å². The largest absolute Gasteiger partial charge is 0.506 e. The van der Waals surface area contributed by atoms with E-state index in [9.17, 15) is 14.7 Å². The number of nitriles is 1. The van der Waals surface area contributed by atoms with Crippen molar-refractivity contribution >= 4 is 23.2 Å². The molecular formula is C25H25N5O3S. The Hall–Kier alpha value is -3.77. The number of carbonyl (C=O) groups is 2. The van der Waals surface area contributed by atoms with Crippen molar-refractivity contribution in [1.82, 2.24) is 20.2 Å². The smallest absolute Gasteiger partial charge is 0.243 e. The van der Waals surface area contributed by atoms with Crippen LogP contribution in [0.15, 0.2) is 41.9 Å². The zero-order valence-corrected chi connectivity index (χ0v) is 20.0. The summed E-state index contributed by atoms with van der Waals surface area (Å²) in [6.45, 7) is 6.10. The SMILES string of the molecule is CC(C)(C)NC(=O)[C@@H]1Cc2ccccc2CN1C(=O)Cc1csc(-c2ncc(C#N)cc2O)n1. The van der Waals surface area contributed by atoms with Crippen LogP contribution >= 0.6 is 11.3 Å². The van der Waals surface area contributed by atoms with E-state index in [-0.39, 0.29) is 35.2 Å². The summed E-state index contributed by atoms with van der Waals surface area (Å²) in [6, 6.07) is 10.5. The van der Waals surface area contributed by atoms with Gasteiger partial charge in [-0.15, -0.1) is 11.3 Å². The molecule has 0 unspecified atom stereocenters. The lowest BCUT2D eigenvalue weighted by Gasteiger charge is -2.37. The number of aromatic hydroxyl groups is 1. The van der Waals surface area contributed by atoms with Gasteiger partial charge in [-0.05, 0) is 31.9 Å². The number of fused-ring (bicyclic) bond motifs is 1. The highest BCUT2D eigenvalue weighted by Crippen LogP contribution is 2.31. The highest BCUT2D eigenvalue weighted by molar-refractivity contribution is 7.13. The van der Waals surface area contributed by atoms with Gasteiger partial charge in [-0.1, -0.05) is 24.3 Å². The summed E-state index contributed by atoms with van der Waals surface area (Å²) < 4.78 is 0. The van der Waals surface area contributed by atoms with Crippen LogP contribution in [0.2, 0.25) is 0 Å². The highest BCUT2D eigenvalue weighted by Gasteiger charge is 2.36. The van der Waals surface area contributed by atoms with Crippen molar-refractivity contribution in [3.05, 3.63) is 64.3 Å². The van der Waals surface area contributed by atoms with Crippen molar-refractivity contribution in [3.63, 3.8) is 0 Å². The third-order valence-corrected chi connectivity index (χ3v) is 6.35. The van der Waals surface area contributed by atoms with Crippen molar-refractivity contribution in [1.29, 1.82) is 5.26 Å². The Morgan fingerprint density at radius 3 is 2.71 bits per heavy atom. The summed E-state index contributed by atoms with van der Waals surface area (Å²) in [5.41, 5.74) is 2.72. The average molecular weight is 476 g/mol. The quantitative estimate of drug-likeness (QED) is 0.598. The topological polar surface area (TPSA) is 119 Å². The number of benzene rings is 1. The molecule has 8 nitrogen and oxygen atoms in total. The second kappa shape index (κ2) is 9.23. The Labute approximate surface area is 201 Å². The van der Waals surface area contributed by atoms with Gasteiger partial charge in [0.1, 0.15) is 28.6 Å². The molecule has 9 heteroatoms. The van der Waals surface area contributed by atoms with E-state index in [0.29, 0.717) is 23.7 Å². The molecule has 0 saturated carbocycles. The molecule has 4 rings (SSSR count). The van der Waals surface area contributed by atoms with Crippen molar-refractivity contribution in [3.8, 4) is 22.5 Å². The van der Waals surface area contributed by atoms with Crippen LogP contribution < -0.4 is 5.32 Å². The van der Waals surface area contributed by atoms with Crippen LogP contribution in [0.5, 0.6) is 5.75 Å². The third-order valence-electron chi connectivity index (χ3n) is 5.45. The summed E-state index contributed by atoms with van der Waals surface area (Å²) in [5, 5.41) is 24.3. The number of rotatable bonds is 4. The summed E-state index contributed by atoms with van der Waals surface area (Å²) in [6.07, 6.45) is 1.84. The van der Waals surface area contributed by atoms with Crippen molar-refractivity contribution < 1.29 is 14.7 Å². The number of nitrogens with zero attached hydrogens (tertiary/aromatic N) is 4. The molecule has 174 valence electrons. The Kier molecular flexibility index (Phi) is 6.35. The number of hydrogen-bond acceptors (Lipinski definition) is 7. The van der Waals surface area contributed by atoms with Crippen LogP contribution in [0.1, 0.15) is 43.2 Å². The predicted molar refractivity (Wildman–Crippen MR) is 128 cm³/mol. The summed E-state index contributed by atoms with van der Waals surface area (Å²) in [7, 11) is 0. The lowest BCUT2D eigenvalue weighted by molar-refractivity contribution is -0.142. The number of carbonyl (C=O) groups excluding carboxylic acids is 2. The van der Waals surface area contributed by atoms with Crippen LogP contribution in [-0.4, -0.2) is 43.4 Å². The van der Waals surface area contributed by atoms with Gasteiger partial charge in [0.25, 0.3) is 0 Å². The normalized spacial score (nSPS) is 15.4. The van der Waals surface area contributed by atoms with E-state index in [1.54, 1.807) is 10.3 Å². The van der Waals surface area contributed by atoms with Gasteiger partial charge in [-0.3, -0.25) is 9.59 Å². The van der Waals surface area contributed by atoms with E-state index in [1.807, 2.05) is 51.1 Å². The van der Waals surface area contributed by atoms with E-state index in [0.717, 1.165) is 11.1 Å². The molecule has 1 aliphatic heterocycles. The second-order valence-electron chi connectivity index (χ2n) is 9.27. The molecular weight excluding hydrogens is 450 g/mol. The fraction of sp³-hybridized carbons (Fsp3) is 0.320. The van der Waals surface area contributed by atoms with E-state index in [1.165, 1.54) is 23.6 Å². The fourth-order valence-electron chi connectivity index (χ4n) is 3.90. The first-order valence-electron chi connectivity index (χ1n) is 10.9. The molecule has 1 atom stereocenters. The van der Waals surface area contributed by atoms with Gasteiger partial charge in [0.2, 0.25) is 11.8 Å². The van der Waals surface area contributed by atoms with Gasteiger partial charge in [0.05, 0.1) is 17.7 Å². The standard InChI is InChI=1S/C25H25N5O3S/c1-25(2,3)29-23(33)19-9-16-6-4-5-7-17(16)13-30(19)21(32)10-18-14-34-24(28-18)22-20(31)8-15(11-26)12-27-22/h4-8,12,14,19,31H,9-10,13H2,1-3H3,(H,29,33)/t19-/m0/s1. The molecule has 0 spiro atoms. The highest BCUT2D eigenvalue weighted by atomic mass is 32.1. The van der Waals surface area contributed by atoms with Crippen molar-refractivity contribution in [2.45, 2.75) is 51.7 Å². The van der Waals surface area contributed by atoms with Gasteiger partial charge in [0.15, 0.2) is 0 Å². The van der Waals surface area contributed by atoms with Crippen molar-refractivity contribution in [2.75, 3.05) is 0 Å². The minimum Gasteiger partial charge on any atom is -0.506 e. The van der Waals surface area contributed by atoms with Crippen LogP contribution in [0.4, 0.5) is 0 Å². The molecule has 3 aromatic rings. The Bertz CT molecular complexity index is 1290. The van der Waals surface area contributed by atoms with Crippen LogP contribution in [0.25, 0.3) is 10.7 Å². The first-order chi connectivity index (χ1) is 16.1. The lowest BCUT2D eigenvalue weighted by atomic mass is 9.92. The monoisotopic (exact) mass is 475 g/mol. The number of aromatic nitrogens is 2. The zero-order chi connectivity index (χ0) is 24.5. The van der Waals surface area contributed by atoms with E-state index in [2.05, 4.69) is 15.3 Å². The summed E-state index contributed by atoms with van der Waals surface area (Å²) in [5.74, 6) is -0.517. The van der Waals surface area contributed by atoms with Gasteiger partial charge in [-0.25, -0.2) is 9.97 Å². The average Bonchev–Trinajstić information content (AvgIpc) is 3.24. The zero-order valence-electron chi connectivity index (χ0n) is 19.2. The van der Waals surface area contributed by atoms with E-state index < -0.39 is 11.6 Å². The number of hydrogen-bond donors (Lipinski definition) is 2. The molecule has 1 aliphatic rings. The molecule has 2 N–H and O–H groups in total. The predicted octanol–water partition coefficient (Wildman–Crippen LogP) is 3.19. The van der Waals surface area contributed by atoms with E-state index >= 15 is 0 Å². The van der Waals surface area contributed by atoms with Crippen molar-refractivity contribution in [2.24, 2.45) is 0 Å². The molecule has 1 aromatic carbocycles. The molecule has 0 saturated heterocycles. The lowest BCUT2D eigenvalue weighted by Crippen LogP contribution is -2.56. The molecule has 2 amide bonds. The molecule has 0 fully saturated rings. The Morgan fingerprint density at radius 1 is 1.29 bits per heavy atom. The maximum Gasteiger partial charge on any atom is 0.243 e. The molecule has 0 bridgehead atoms. The fourth-order valence-corrected chi connectivity index (χ4v) is 4.73. The van der Waals surface area contributed by atoms with Gasteiger partial charge in [0, 0.05) is 36.1 Å².